The highest BCUT2D eigenvalue weighted by Crippen LogP contribution is 2.38. The molecule has 0 radical (unpaired) electrons. The van der Waals surface area contributed by atoms with Crippen LogP contribution in [0, 0.1) is 17.0 Å². The van der Waals surface area contributed by atoms with Gasteiger partial charge in [-0.1, -0.05) is 0 Å². The minimum atomic E-state index is -2.82. The van der Waals surface area contributed by atoms with Gasteiger partial charge in [-0.3, -0.25) is 24.4 Å². The molecule has 0 fully saturated rings. The monoisotopic (exact) mass is 424 g/mol. The molecule has 0 saturated heterocycles. The van der Waals surface area contributed by atoms with Crippen LogP contribution in [0.2, 0.25) is 0 Å². The fourth-order valence-corrected chi connectivity index (χ4v) is 3.93. The Balaban J connectivity index is 2.17. The molecule has 0 saturated carbocycles. The van der Waals surface area contributed by atoms with Gasteiger partial charge >= 0.3 is 5.69 Å². The van der Waals surface area contributed by atoms with E-state index in [4.69, 9.17) is 5.73 Å². The number of anilines is 1. The number of nitrogens with zero attached hydrogens (tertiary/aromatic N) is 4. The fraction of sp³-hybridized carbons (Fsp3) is 0.250. The lowest BCUT2D eigenvalue weighted by Gasteiger charge is -2.09. The first-order valence-corrected chi connectivity index (χ1v) is 9.00. The van der Waals surface area contributed by atoms with E-state index in [-0.39, 0.29) is 33.0 Å². The SMILES string of the molecule is CCn1ncc([N+](=O)[O-])c1C(=O)Nc1c(C(N)=O)sc2nc(C(F)F)cc(C)c12. The molecule has 152 valence electrons. The van der Waals surface area contributed by atoms with Crippen molar-refractivity contribution < 1.29 is 23.3 Å². The van der Waals surface area contributed by atoms with Gasteiger partial charge < -0.3 is 11.1 Å². The summed E-state index contributed by atoms with van der Waals surface area (Å²) in [6, 6.07) is 1.14. The van der Waals surface area contributed by atoms with Gasteiger partial charge in [-0.15, -0.1) is 11.3 Å². The number of nitrogens with one attached hydrogen (secondary N) is 1. The van der Waals surface area contributed by atoms with Crippen LogP contribution in [0.15, 0.2) is 12.3 Å². The maximum Gasteiger partial charge on any atom is 0.320 e. The van der Waals surface area contributed by atoms with E-state index < -0.39 is 34.5 Å². The van der Waals surface area contributed by atoms with Crippen molar-refractivity contribution in [2.24, 2.45) is 5.73 Å². The molecule has 10 nitrogen and oxygen atoms in total. The standard InChI is InChI=1S/C16H14F2N6O4S/c1-3-23-11(8(5-20-23)24(27)28)15(26)22-10-9-6(2)4-7(13(17)18)21-16(9)29-12(10)14(19)25/h4-5,13H,3H2,1-2H3,(H2,19,25)(H,22,26). The number of amides is 2. The molecule has 0 unspecified atom stereocenters. The topological polar surface area (TPSA) is 146 Å². The molecule has 3 heterocycles. The summed E-state index contributed by atoms with van der Waals surface area (Å²) in [5.74, 6) is -1.80. The largest absolute Gasteiger partial charge is 0.365 e. The number of rotatable bonds is 6. The van der Waals surface area contributed by atoms with Crippen LogP contribution < -0.4 is 11.1 Å². The molecule has 3 N–H and O–H groups in total. The third-order valence-corrected chi connectivity index (χ3v) is 5.19. The number of alkyl halides is 2. The van der Waals surface area contributed by atoms with Gasteiger partial charge in [0.1, 0.15) is 21.6 Å². The van der Waals surface area contributed by atoms with Gasteiger partial charge in [0.15, 0.2) is 0 Å². The number of nitrogens with two attached hydrogens (primary N) is 1. The molecule has 0 aliphatic rings. The molecule has 2 amide bonds. The van der Waals surface area contributed by atoms with Gasteiger partial charge in [-0.05, 0) is 25.5 Å². The van der Waals surface area contributed by atoms with E-state index in [0.717, 1.165) is 28.3 Å². The van der Waals surface area contributed by atoms with Crippen LogP contribution in [-0.4, -0.2) is 31.5 Å². The number of carbonyl (C=O) groups is 2. The number of carbonyl (C=O) groups excluding carboxylic acids is 2. The van der Waals surface area contributed by atoms with Gasteiger partial charge in [0.05, 0.1) is 10.6 Å². The van der Waals surface area contributed by atoms with Gasteiger partial charge in [-0.25, -0.2) is 13.8 Å². The number of aromatic nitrogens is 3. The number of aryl methyl sites for hydroxylation is 2. The fourth-order valence-electron chi connectivity index (χ4n) is 2.87. The Morgan fingerprint density at radius 3 is 2.69 bits per heavy atom. The number of fused-ring (bicyclic) bond motifs is 1. The second kappa shape index (κ2) is 7.50. The summed E-state index contributed by atoms with van der Waals surface area (Å²) >= 11 is 0.747. The van der Waals surface area contributed by atoms with E-state index in [2.05, 4.69) is 15.4 Å². The Hall–Kier alpha value is -3.48. The lowest BCUT2D eigenvalue weighted by Crippen LogP contribution is -2.21. The van der Waals surface area contributed by atoms with Crippen LogP contribution in [0.3, 0.4) is 0 Å². The number of pyridine rings is 1. The first-order chi connectivity index (χ1) is 13.6. The first kappa shape index (κ1) is 20.3. The zero-order chi connectivity index (χ0) is 21.5. The van der Waals surface area contributed by atoms with Crippen LogP contribution in [0.25, 0.3) is 10.2 Å². The molecule has 0 atom stereocenters. The van der Waals surface area contributed by atoms with Gasteiger partial charge in [0, 0.05) is 11.9 Å². The molecular formula is C16H14F2N6O4S. The van der Waals surface area contributed by atoms with Crippen LogP contribution in [0.4, 0.5) is 20.2 Å². The predicted molar refractivity (Wildman–Crippen MR) is 100 cm³/mol. The van der Waals surface area contributed by atoms with Crippen LogP contribution in [0.5, 0.6) is 0 Å². The molecule has 29 heavy (non-hydrogen) atoms. The maximum atomic E-state index is 13.0. The normalized spacial score (nSPS) is 11.2. The number of hydrogen-bond acceptors (Lipinski definition) is 7. The molecule has 0 aromatic carbocycles. The van der Waals surface area contributed by atoms with Gasteiger partial charge in [-0.2, -0.15) is 5.10 Å². The molecule has 13 heteroatoms. The lowest BCUT2D eigenvalue weighted by molar-refractivity contribution is -0.385. The van der Waals surface area contributed by atoms with E-state index in [9.17, 15) is 28.5 Å². The van der Waals surface area contributed by atoms with E-state index in [0.29, 0.717) is 5.56 Å². The molecule has 3 aromatic rings. The summed E-state index contributed by atoms with van der Waals surface area (Å²) in [4.78, 5) is 39.0. The Bertz CT molecular complexity index is 1160. The average molecular weight is 424 g/mol. The molecule has 0 aliphatic carbocycles. The summed E-state index contributed by atoms with van der Waals surface area (Å²) < 4.78 is 27.2. The number of halogens is 2. The van der Waals surface area contributed by atoms with Crippen molar-refractivity contribution in [1.82, 2.24) is 14.8 Å². The predicted octanol–water partition coefficient (Wildman–Crippen LogP) is 3.02. The van der Waals surface area contributed by atoms with Crippen LogP contribution in [-0.2, 0) is 6.54 Å². The van der Waals surface area contributed by atoms with Crippen molar-refractivity contribution in [2.75, 3.05) is 5.32 Å². The summed E-state index contributed by atoms with van der Waals surface area (Å²) in [5.41, 5.74) is 4.36. The number of nitro groups is 1. The van der Waals surface area contributed by atoms with Crippen molar-refractivity contribution in [1.29, 1.82) is 0 Å². The highest BCUT2D eigenvalue weighted by atomic mass is 32.1. The van der Waals surface area contributed by atoms with E-state index >= 15 is 0 Å². The van der Waals surface area contributed by atoms with Crippen molar-refractivity contribution in [3.05, 3.63) is 44.2 Å². The van der Waals surface area contributed by atoms with E-state index in [1.165, 1.54) is 6.92 Å². The summed E-state index contributed by atoms with van der Waals surface area (Å²) in [6.07, 6.45) is -1.88. The maximum absolute atomic E-state index is 13.0. The van der Waals surface area contributed by atoms with Crippen LogP contribution >= 0.6 is 11.3 Å². The number of hydrogen-bond donors (Lipinski definition) is 2. The molecular weight excluding hydrogens is 410 g/mol. The summed E-state index contributed by atoms with van der Waals surface area (Å²) in [7, 11) is 0. The van der Waals surface area contributed by atoms with Crippen molar-refractivity contribution in [3.8, 4) is 0 Å². The van der Waals surface area contributed by atoms with Gasteiger partial charge in [0.25, 0.3) is 18.2 Å². The first-order valence-electron chi connectivity index (χ1n) is 8.19. The van der Waals surface area contributed by atoms with Gasteiger partial charge in [0.2, 0.25) is 5.69 Å². The van der Waals surface area contributed by atoms with Crippen molar-refractivity contribution >= 4 is 44.7 Å². The van der Waals surface area contributed by atoms with E-state index in [1.807, 2.05) is 0 Å². The lowest BCUT2D eigenvalue weighted by atomic mass is 10.1. The zero-order valence-electron chi connectivity index (χ0n) is 15.1. The number of thiophene rings is 1. The molecule has 0 spiro atoms. The zero-order valence-corrected chi connectivity index (χ0v) is 15.9. The second-order valence-corrected chi connectivity index (χ2v) is 6.92. The smallest absolute Gasteiger partial charge is 0.320 e. The summed E-state index contributed by atoms with van der Waals surface area (Å²) in [6.45, 7) is 3.34. The van der Waals surface area contributed by atoms with Crippen molar-refractivity contribution in [3.63, 3.8) is 0 Å². The Morgan fingerprint density at radius 2 is 2.14 bits per heavy atom. The highest BCUT2D eigenvalue weighted by molar-refractivity contribution is 7.21. The molecule has 0 aliphatic heterocycles. The third kappa shape index (κ3) is 3.51. The molecule has 0 bridgehead atoms. The Morgan fingerprint density at radius 1 is 1.45 bits per heavy atom. The highest BCUT2D eigenvalue weighted by Gasteiger charge is 2.29. The number of primary amides is 1. The third-order valence-electron chi connectivity index (χ3n) is 4.10. The minimum Gasteiger partial charge on any atom is -0.365 e. The molecule has 3 rings (SSSR count). The minimum absolute atomic E-state index is 0.0357. The molecule has 3 aromatic heterocycles. The average Bonchev–Trinajstić information content (AvgIpc) is 3.23. The quantitative estimate of drug-likeness (QED) is 0.459. The Labute approximate surface area is 165 Å². The van der Waals surface area contributed by atoms with E-state index in [1.54, 1.807) is 6.92 Å². The second-order valence-electron chi connectivity index (χ2n) is 5.92. The Kier molecular flexibility index (Phi) is 5.24. The van der Waals surface area contributed by atoms with Crippen LogP contribution in [0.1, 0.15) is 44.8 Å². The van der Waals surface area contributed by atoms with Crippen molar-refractivity contribution in [2.45, 2.75) is 26.8 Å². The summed E-state index contributed by atoms with van der Waals surface area (Å²) in [5, 5.41) is 17.7.